The van der Waals surface area contributed by atoms with Gasteiger partial charge in [0.2, 0.25) is 5.76 Å². The van der Waals surface area contributed by atoms with Crippen LogP contribution in [-0.4, -0.2) is 19.6 Å². The fraction of sp³-hybridized carbons (Fsp3) is 0.364. The number of ether oxygens (including phenoxy) is 1. The van der Waals surface area contributed by atoms with Gasteiger partial charge in [0.15, 0.2) is 0 Å². The third-order valence-corrected chi connectivity index (χ3v) is 1.82. The maximum Gasteiger partial charge on any atom is 0.374 e. The molecule has 15 heavy (non-hydrogen) atoms. The summed E-state index contributed by atoms with van der Waals surface area (Å²) in [5.41, 5.74) is 0.778. The predicted molar refractivity (Wildman–Crippen MR) is 55.2 cm³/mol. The molecule has 1 aromatic rings. The van der Waals surface area contributed by atoms with E-state index in [9.17, 15) is 4.79 Å². The summed E-state index contributed by atoms with van der Waals surface area (Å²) in [7, 11) is 1.32. The van der Waals surface area contributed by atoms with Crippen molar-refractivity contribution in [2.75, 3.05) is 13.7 Å². The lowest BCUT2D eigenvalue weighted by Crippen LogP contribution is -2.15. The largest absolute Gasteiger partial charge is 0.463 e. The Balaban J connectivity index is 2.56. The molecule has 1 N–H and O–H groups in total. The molecular formula is C11H13NO3. The number of carbonyl (C=O) groups excluding carboxylic acids is 1. The molecule has 0 aliphatic heterocycles. The van der Waals surface area contributed by atoms with Gasteiger partial charge in [-0.2, -0.15) is 0 Å². The Morgan fingerprint density at radius 2 is 2.47 bits per heavy atom. The third kappa shape index (κ3) is 3.15. The molecular weight excluding hydrogens is 194 g/mol. The van der Waals surface area contributed by atoms with Crippen LogP contribution in [0.2, 0.25) is 0 Å². The lowest BCUT2D eigenvalue weighted by atomic mass is 10.2. The summed E-state index contributed by atoms with van der Waals surface area (Å²) >= 11 is 0. The highest BCUT2D eigenvalue weighted by atomic mass is 16.5. The molecule has 0 unspecified atom stereocenters. The first-order chi connectivity index (χ1) is 7.29. The summed E-state index contributed by atoms with van der Waals surface area (Å²) in [6, 6.07) is 1.73. The molecule has 1 rings (SSSR count). The van der Waals surface area contributed by atoms with Crippen molar-refractivity contribution in [3.63, 3.8) is 0 Å². The van der Waals surface area contributed by atoms with E-state index in [1.54, 1.807) is 13.0 Å². The van der Waals surface area contributed by atoms with Crippen LogP contribution in [-0.2, 0) is 11.3 Å². The topological polar surface area (TPSA) is 51.5 Å². The van der Waals surface area contributed by atoms with Gasteiger partial charge in [0.1, 0.15) is 0 Å². The van der Waals surface area contributed by atoms with Crippen LogP contribution in [0.15, 0.2) is 16.7 Å². The van der Waals surface area contributed by atoms with Gasteiger partial charge >= 0.3 is 5.97 Å². The van der Waals surface area contributed by atoms with Gasteiger partial charge in [-0.3, -0.25) is 0 Å². The summed E-state index contributed by atoms with van der Waals surface area (Å²) in [5.74, 6) is 5.42. The molecule has 0 radical (unpaired) electrons. The summed E-state index contributed by atoms with van der Waals surface area (Å²) in [4.78, 5) is 11.2. The highest BCUT2D eigenvalue weighted by molar-refractivity contribution is 5.87. The van der Waals surface area contributed by atoms with Crippen molar-refractivity contribution < 1.29 is 13.9 Å². The number of carbonyl (C=O) groups is 1. The first-order valence-electron chi connectivity index (χ1n) is 4.54. The molecule has 0 atom stereocenters. The summed E-state index contributed by atoms with van der Waals surface area (Å²) in [6.45, 7) is 2.90. The van der Waals surface area contributed by atoms with E-state index >= 15 is 0 Å². The van der Waals surface area contributed by atoms with Crippen LogP contribution in [0.25, 0.3) is 0 Å². The smallest absolute Gasteiger partial charge is 0.374 e. The van der Waals surface area contributed by atoms with Crippen molar-refractivity contribution in [3.8, 4) is 11.8 Å². The van der Waals surface area contributed by atoms with Crippen LogP contribution < -0.4 is 5.32 Å². The van der Waals surface area contributed by atoms with Gasteiger partial charge in [-0.25, -0.2) is 4.79 Å². The first kappa shape index (κ1) is 11.3. The number of furan rings is 1. The summed E-state index contributed by atoms with van der Waals surface area (Å²) in [6.07, 6.45) is 1.47. The average molecular weight is 207 g/mol. The van der Waals surface area contributed by atoms with Crippen molar-refractivity contribution in [3.05, 3.63) is 23.7 Å². The first-order valence-corrected chi connectivity index (χ1v) is 4.54. The SMILES string of the molecule is CC#CCNCc1ccoc1C(=O)OC. The Hall–Kier alpha value is -1.73. The monoisotopic (exact) mass is 207 g/mol. The normalized spacial score (nSPS) is 9.20. The average Bonchev–Trinajstić information content (AvgIpc) is 2.71. The van der Waals surface area contributed by atoms with E-state index in [1.807, 2.05) is 0 Å². The van der Waals surface area contributed by atoms with Gasteiger partial charge in [-0.1, -0.05) is 5.92 Å². The molecule has 0 saturated carbocycles. The van der Waals surface area contributed by atoms with Crippen LogP contribution >= 0.6 is 0 Å². The lowest BCUT2D eigenvalue weighted by molar-refractivity contribution is 0.0563. The second-order valence-electron chi connectivity index (χ2n) is 2.80. The fourth-order valence-corrected chi connectivity index (χ4v) is 1.09. The van der Waals surface area contributed by atoms with Gasteiger partial charge in [0.05, 0.1) is 19.9 Å². The standard InChI is InChI=1S/C11H13NO3/c1-3-4-6-12-8-9-5-7-15-10(9)11(13)14-2/h5,7,12H,6,8H2,1-2H3. The summed E-state index contributed by atoms with van der Waals surface area (Å²) < 4.78 is 9.60. The van der Waals surface area contributed by atoms with Gasteiger partial charge in [-0.05, 0) is 13.0 Å². The van der Waals surface area contributed by atoms with Crippen LogP contribution in [0.1, 0.15) is 23.0 Å². The number of esters is 1. The van der Waals surface area contributed by atoms with E-state index in [-0.39, 0.29) is 5.76 Å². The second kappa shape index (κ2) is 5.89. The molecule has 4 heteroatoms. The second-order valence-corrected chi connectivity index (χ2v) is 2.80. The molecule has 0 aliphatic carbocycles. The van der Waals surface area contributed by atoms with Crippen molar-refractivity contribution in [1.29, 1.82) is 0 Å². The fourth-order valence-electron chi connectivity index (χ4n) is 1.09. The number of nitrogens with one attached hydrogen (secondary N) is 1. The van der Waals surface area contributed by atoms with Gasteiger partial charge < -0.3 is 14.5 Å². The molecule has 80 valence electrons. The maximum absolute atomic E-state index is 11.2. The number of rotatable bonds is 4. The predicted octanol–water partition coefficient (Wildman–Crippen LogP) is 1.18. The molecule has 0 aliphatic rings. The van der Waals surface area contributed by atoms with Crippen LogP contribution in [0.5, 0.6) is 0 Å². The van der Waals surface area contributed by atoms with Crippen molar-refractivity contribution >= 4 is 5.97 Å². The Labute approximate surface area is 88.6 Å². The van der Waals surface area contributed by atoms with E-state index in [0.29, 0.717) is 13.1 Å². The van der Waals surface area contributed by atoms with E-state index in [4.69, 9.17) is 4.42 Å². The molecule has 4 nitrogen and oxygen atoms in total. The van der Waals surface area contributed by atoms with Crippen LogP contribution in [0.3, 0.4) is 0 Å². The third-order valence-electron chi connectivity index (χ3n) is 1.82. The molecule has 0 bridgehead atoms. The molecule has 1 aromatic heterocycles. The molecule has 0 fully saturated rings. The molecule has 0 aromatic carbocycles. The minimum absolute atomic E-state index is 0.245. The highest BCUT2D eigenvalue weighted by Crippen LogP contribution is 2.11. The van der Waals surface area contributed by atoms with Crippen LogP contribution in [0, 0.1) is 11.8 Å². The molecule has 0 saturated heterocycles. The quantitative estimate of drug-likeness (QED) is 0.457. The number of methoxy groups -OCH3 is 1. The van der Waals surface area contributed by atoms with E-state index in [1.165, 1.54) is 13.4 Å². The van der Waals surface area contributed by atoms with Gasteiger partial charge in [-0.15, -0.1) is 5.92 Å². The van der Waals surface area contributed by atoms with Crippen molar-refractivity contribution in [1.82, 2.24) is 5.32 Å². The zero-order valence-corrected chi connectivity index (χ0v) is 8.79. The number of hydrogen-bond donors (Lipinski definition) is 1. The molecule has 0 amide bonds. The zero-order valence-electron chi connectivity index (χ0n) is 8.79. The van der Waals surface area contributed by atoms with Crippen LogP contribution in [0.4, 0.5) is 0 Å². The van der Waals surface area contributed by atoms with Crippen molar-refractivity contribution in [2.24, 2.45) is 0 Å². The van der Waals surface area contributed by atoms with E-state index < -0.39 is 5.97 Å². The minimum Gasteiger partial charge on any atom is -0.463 e. The van der Waals surface area contributed by atoms with Gasteiger partial charge in [0.25, 0.3) is 0 Å². The maximum atomic E-state index is 11.2. The molecule has 1 heterocycles. The van der Waals surface area contributed by atoms with Gasteiger partial charge in [0, 0.05) is 12.1 Å². The Kier molecular flexibility index (Phi) is 4.45. The zero-order chi connectivity index (χ0) is 11.1. The number of hydrogen-bond acceptors (Lipinski definition) is 4. The molecule has 0 spiro atoms. The van der Waals surface area contributed by atoms with E-state index in [0.717, 1.165) is 5.56 Å². The Morgan fingerprint density at radius 3 is 3.13 bits per heavy atom. The Morgan fingerprint density at radius 1 is 1.67 bits per heavy atom. The Bertz CT molecular complexity index is 384. The van der Waals surface area contributed by atoms with E-state index in [2.05, 4.69) is 21.9 Å². The minimum atomic E-state index is -0.460. The highest BCUT2D eigenvalue weighted by Gasteiger charge is 2.14. The lowest BCUT2D eigenvalue weighted by Gasteiger charge is -2.00. The summed E-state index contributed by atoms with van der Waals surface area (Å²) in [5, 5.41) is 3.07. The van der Waals surface area contributed by atoms with Crippen molar-refractivity contribution in [2.45, 2.75) is 13.5 Å².